The molecular weight excluding hydrogens is 550 g/mol. The molecule has 0 amide bonds. The first-order chi connectivity index (χ1) is 20.0. The van der Waals surface area contributed by atoms with Crippen LogP contribution in [-0.4, -0.2) is 45.1 Å². The number of carboxylic acids is 1. The van der Waals surface area contributed by atoms with Gasteiger partial charge >= 0.3 is 23.9 Å². The Bertz CT molecular complexity index is 1650. The van der Waals surface area contributed by atoms with Crippen molar-refractivity contribution in [3.63, 3.8) is 0 Å². The van der Waals surface area contributed by atoms with E-state index in [1.807, 2.05) is 0 Å². The predicted molar refractivity (Wildman–Crippen MR) is 144 cm³/mol. The normalized spacial score (nSPS) is 11.8. The van der Waals surface area contributed by atoms with Crippen molar-refractivity contribution in [2.75, 3.05) is 0 Å². The summed E-state index contributed by atoms with van der Waals surface area (Å²) >= 11 is 0. The number of carbonyl (C=O) groups is 4. The molecule has 1 N–H and O–H groups in total. The number of nitrogens with zero attached hydrogens (tertiary/aromatic N) is 2. The van der Waals surface area contributed by atoms with Crippen LogP contribution in [-0.2, 0) is 22.3 Å². The number of carbonyl (C=O) groups excluding carboxylic acids is 3. The summed E-state index contributed by atoms with van der Waals surface area (Å²) in [4.78, 5) is 53.8. The molecule has 9 nitrogen and oxygen atoms in total. The number of fused-ring (bicyclic) bond motifs is 1. The van der Waals surface area contributed by atoms with Gasteiger partial charge in [0.1, 0.15) is 11.6 Å². The third kappa shape index (κ3) is 7.45. The Labute approximate surface area is 238 Å². The maximum absolute atomic E-state index is 12.9. The Morgan fingerprint density at radius 3 is 1.86 bits per heavy atom. The standard InChI is InChI=1S/C17H16FNO4.C14H8FNO3/c1-10(2)23-17(22)15-14(16(20)21)8-12(9-19-15)7-11-3-5-13(18)6-4-11;15-10-3-1-8(2-4-10)5-9-6-11-12(16-7-9)14(18)19-13(11)17/h3-6,8-10H,7H2,1-2H3,(H,20,21);1-4,6-7H,5H2. The van der Waals surface area contributed by atoms with Crippen molar-refractivity contribution in [3.05, 3.63) is 129 Å². The average Bonchev–Trinajstić information content (AvgIpc) is 3.23. The maximum Gasteiger partial charge on any atom is 0.365 e. The molecular formula is C31H24F2N2O7. The van der Waals surface area contributed by atoms with Crippen LogP contribution in [0.3, 0.4) is 0 Å². The number of benzene rings is 2. The average molecular weight is 575 g/mol. The van der Waals surface area contributed by atoms with E-state index in [0.717, 1.165) is 16.7 Å². The Morgan fingerprint density at radius 2 is 1.33 bits per heavy atom. The monoisotopic (exact) mass is 574 g/mol. The van der Waals surface area contributed by atoms with Gasteiger partial charge in [-0.3, -0.25) is 0 Å². The fourth-order valence-electron chi connectivity index (χ4n) is 3.99. The van der Waals surface area contributed by atoms with E-state index in [0.29, 0.717) is 18.4 Å². The van der Waals surface area contributed by atoms with Crippen molar-refractivity contribution in [3.8, 4) is 0 Å². The molecule has 0 radical (unpaired) electrons. The van der Waals surface area contributed by atoms with Crippen LogP contribution in [0.5, 0.6) is 0 Å². The molecule has 0 bridgehead atoms. The molecule has 0 saturated carbocycles. The molecule has 1 aliphatic heterocycles. The first-order valence-corrected chi connectivity index (χ1v) is 12.7. The van der Waals surface area contributed by atoms with E-state index in [2.05, 4.69) is 14.7 Å². The number of halogens is 2. The highest BCUT2D eigenvalue weighted by atomic mass is 19.1. The van der Waals surface area contributed by atoms with Crippen LogP contribution in [0.1, 0.15) is 77.8 Å². The number of pyridine rings is 2. The zero-order valence-electron chi connectivity index (χ0n) is 22.5. The molecule has 0 aliphatic carbocycles. The van der Waals surface area contributed by atoms with Crippen molar-refractivity contribution >= 4 is 23.9 Å². The van der Waals surface area contributed by atoms with E-state index in [1.54, 1.807) is 44.2 Å². The molecule has 0 fully saturated rings. The smallest absolute Gasteiger partial charge is 0.365 e. The van der Waals surface area contributed by atoms with Crippen LogP contribution in [0.2, 0.25) is 0 Å². The molecule has 0 atom stereocenters. The molecule has 5 rings (SSSR count). The van der Waals surface area contributed by atoms with Crippen molar-refractivity contribution < 1.29 is 42.5 Å². The zero-order chi connectivity index (χ0) is 30.4. The number of hydrogen-bond acceptors (Lipinski definition) is 8. The fraction of sp³-hybridized carbons (Fsp3) is 0.161. The highest BCUT2D eigenvalue weighted by molar-refractivity contribution is 6.13. The fourth-order valence-corrected chi connectivity index (χ4v) is 3.99. The Balaban J connectivity index is 0.000000196. The molecule has 0 spiro atoms. The van der Waals surface area contributed by atoms with Crippen LogP contribution in [0, 0.1) is 11.6 Å². The van der Waals surface area contributed by atoms with E-state index >= 15 is 0 Å². The van der Waals surface area contributed by atoms with Gasteiger partial charge in [-0.15, -0.1) is 0 Å². The van der Waals surface area contributed by atoms with Crippen LogP contribution in [0.25, 0.3) is 0 Å². The van der Waals surface area contributed by atoms with Gasteiger partial charge in [-0.1, -0.05) is 24.3 Å². The minimum absolute atomic E-state index is 0.0489. The topological polar surface area (TPSA) is 133 Å². The van der Waals surface area contributed by atoms with Crippen molar-refractivity contribution in [2.24, 2.45) is 0 Å². The Morgan fingerprint density at radius 1 is 0.810 bits per heavy atom. The molecule has 2 aromatic heterocycles. The molecule has 1 aliphatic rings. The predicted octanol–water partition coefficient (Wildman–Crippen LogP) is 5.20. The van der Waals surface area contributed by atoms with Gasteiger partial charge in [-0.25, -0.2) is 37.9 Å². The SMILES string of the molecule is CC(C)OC(=O)c1ncc(Cc2ccc(F)cc2)cc1C(=O)O.O=C1OC(=O)c2ncc(Cc3ccc(F)cc3)cc21. The third-order valence-corrected chi connectivity index (χ3v) is 5.90. The van der Waals surface area contributed by atoms with Crippen LogP contribution >= 0.6 is 0 Å². The Kier molecular flexibility index (Phi) is 9.11. The highest BCUT2D eigenvalue weighted by Crippen LogP contribution is 2.20. The van der Waals surface area contributed by atoms with Gasteiger partial charge in [-0.05, 0) is 85.3 Å². The largest absolute Gasteiger partial charge is 0.478 e. The van der Waals surface area contributed by atoms with E-state index in [9.17, 15) is 33.1 Å². The summed E-state index contributed by atoms with van der Waals surface area (Å²) in [6.07, 6.45) is 3.45. The van der Waals surface area contributed by atoms with Crippen molar-refractivity contribution in [1.29, 1.82) is 0 Å². The lowest BCUT2D eigenvalue weighted by Crippen LogP contribution is -2.17. The summed E-state index contributed by atoms with van der Waals surface area (Å²) in [5.41, 5.74) is 2.86. The molecule has 4 aromatic rings. The summed E-state index contributed by atoms with van der Waals surface area (Å²) in [7, 11) is 0. The number of rotatable bonds is 7. The van der Waals surface area contributed by atoms with Crippen LogP contribution in [0.15, 0.2) is 73.1 Å². The second kappa shape index (κ2) is 12.9. The van der Waals surface area contributed by atoms with Crippen molar-refractivity contribution in [2.45, 2.75) is 32.8 Å². The van der Waals surface area contributed by atoms with Crippen LogP contribution < -0.4 is 0 Å². The summed E-state index contributed by atoms with van der Waals surface area (Å²) < 4.78 is 35.1. The molecule has 0 unspecified atom stereocenters. The second-order valence-electron chi connectivity index (χ2n) is 9.52. The quantitative estimate of drug-likeness (QED) is 0.234. The maximum atomic E-state index is 12.9. The number of hydrogen-bond donors (Lipinski definition) is 1. The summed E-state index contributed by atoms with van der Waals surface area (Å²) in [5, 5.41) is 9.28. The molecule has 2 aromatic carbocycles. The number of esters is 3. The van der Waals surface area contributed by atoms with E-state index in [1.165, 1.54) is 42.7 Å². The molecule has 214 valence electrons. The van der Waals surface area contributed by atoms with Gasteiger partial charge in [0.15, 0.2) is 11.4 Å². The lowest BCUT2D eigenvalue weighted by molar-refractivity contribution is 0.0361. The second-order valence-corrected chi connectivity index (χ2v) is 9.52. The number of aromatic carboxylic acids is 1. The van der Waals surface area contributed by atoms with Gasteiger partial charge < -0.3 is 14.6 Å². The van der Waals surface area contributed by atoms with E-state index < -0.39 is 23.9 Å². The number of aromatic nitrogens is 2. The first kappa shape index (κ1) is 29.7. The molecule has 11 heteroatoms. The minimum Gasteiger partial charge on any atom is -0.478 e. The zero-order valence-corrected chi connectivity index (χ0v) is 22.5. The minimum atomic E-state index is -1.26. The highest BCUT2D eigenvalue weighted by Gasteiger charge is 2.31. The van der Waals surface area contributed by atoms with Crippen LogP contribution in [0.4, 0.5) is 8.78 Å². The summed E-state index contributed by atoms with van der Waals surface area (Å²) in [5.74, 6) is -4.06. The molecule has 42 heavy (non-hydrogen) atoms. The van der Waals surface area contributed by atoms with Gasteiger partial charge in [0, 0.05) is 12.4 Å². The number of carboxylic acid groups (broad SMARTS) is 1. The lowest BCUT2D eigenvalue weighted by Gasteiger charge is -2.10. The van der Waals surface area contributed by atoms with Crippen molar-refractivity contribution in [1.82, 2.24) is 9.97 Å². The third-order valence-electron chi connectivity index (χ3n) is 5.90. The van der Waals surface area contributed by atoms with E-state index in [4.69, 9.17) is 4.74 Å². The lowest BCUT2D eigenvalue weighted by atomic mass is 10.0. The molecule has 0 saturated heterocycles. The molecule has 3 heterocycles. The Hall–Kier alpha value is -5.32. The van der Waals surface area contributed by atoms with Gasteiger partial charge in [-0.2, -0.15) is 0 Å². The summed E-state index contributed by atoms with van der Waals surface area (Å²) in [6, 6.07) is 14.9. The van der Waals surface area contributed by atoms with E-state index in [-0.39, 0.29) is 40.3 Å². The van der Waals surface area contributed by atoms with Gasteiger partial charge in [0.2, 0.25) is 0 Å². The number of cyclic esters (lactones) is 2. The van der Waals surface area contributed by atoms with Gasteiger partial charge in [0.05, 0.1) is 17.2 Å². The first-order valence-electron chi connectivity index (χ1n) is 12.7. The summed E-state index contributed by atoms with van der Waals surface area (Å²) in [6.45, 7) is 3.34. The van der Waals surface area contributed by atoms with Gasteiger partial charge in [0.25, 0.3) is 0 Å². The number of ether oxygens (including phenoxy) is 2.